The molecule has 0 bridgehead atoms. The van der Waals surface area contributed by atoms with Crippen LogP contribution in [0.25, 0.3) is 0 Å². The SMILES string of the molecule is Fc1ccc(S[C@H]2CCNC2)nc1. The van der Waals surface area contributed by atoms with Gasteiger partial charge in [0.05, 0.1) is 11.2 Å². The molecule has 0 saturated carbocycles. The Labute approximate surface area is 80.9 Å². The van der Waals surface area contributed by atoms with Crippen molar-refractivity contribution >= 4 is 11.8 Å². The van der Waals surface area contributed by atoms with Crippen LogP contribution < -0.4 is 5.32 Å². The highest BCUT2D eigenvalue weighted by atomic mass is 32.2. The fourth-order valence-electron chi connectivity index (χ4n) is 1.33. The summed E-state index contributed by atoms with van der Waals surface area (Å²) in [5.41, 5.74) is 0. The second kappa shape index (κ2) is 4.07. The van der Waals surface area contributed by atoms with E-state index in [-0.39, 0.29) is 5.82 Å². The Kier molecular flexibility index (Phi) is 2.80. The summed E-state index contributed by atoms with van der Waals surface area (Å²) < 4.78 is 12.5. The third-order valence-corrected chi connectivity index (χ3v) is 3.22. The summed E-state index contributed by atoms with van der Waals surface area (Å²) in [5.74, 6) is -0.270. The van der Waals surface area contributed by atoms with E-state index in [1.165, 1.54) is 18.7 Å². The van der Waals surface area contributed by atoms with Crippen molar-refractivity contribution in [3.05, 3.63) is 24.1 Å². The monoisotopic (exact) mass is 198 g/mol. The molecule has 1 saturated heterocycles. The standard InChI is InChI=1S/C9H11FN2S/c10-7-1-2-9(12-5-7)13-8-3-4-11-6-8/h1-2,5,8,11H,3-4,6H2/t8-/m0/s1. The van der Waals surface area contributed by atoms with Gasteiger partial charge in [0.2, 0.25) is 0 Å². The van der Waals surface area contributed by atoms with Crippen LogP contribution in [0.3, 0.4) is 0 Å². The maximum atomic E-state index is 12.5. The molecular formula is C9H11FN2S. The minimum Gasteiger partial charge on any atom is -0.316 e. The molecule has 0 aromatic carbocycles. The first-order valence-corrected chi connectivity index (χ1v) is 5.21. The first kappa shape index (κ1) is 8.97. The fraction of sp³-hybridized carbons (Fsp3) is 0.444. The van der Waals surface area contributed by atoms with Gasteiger partial charge in [0, 0.05) is 11.8 Å². The molecule has 1 aliphatic rings. The van der Waals surface area contributed by atoms with Gasteiger partial charge in [0.1, 0.15) is 5.82 Å². The van der Waals surface area contributed by atoms with Gasteiger partial charge in [-0.15, -0.1) is 11.8 Å². The lowest BCUT2D eigenvalue weighted by Gasteiger charge is -2.05. The molecular weight excluding hydrogens is 187 g/mol. The minimum atomic E-state index is -0.270. The second-order valence-corrected chi connectivity index (χ2v) is 4.37. The van der Waals surface area contributed by atoms with E-state index in [9.17, 15) is 4.39 Å². The highest BCUT2D eigenvalue weighted by Gasteiger charge is 2.15. The third-order valence-electron chi connectivity index (χ3n) is 2.00. The van der Waals surface area contributed by atoms with Gasteiger partial charge in [-0.3, -0.25) is 0 Å². The summed E-state index contributed by atoms with van der Waals surface area (Å²) in [5, 5.41) is 4.79. The molecule has 0 spiro atoms. The number of thioether (sulfide) groups is 1. The Bertz CT molecular complexity index is 269. The number of halogens is 1. The third kappa shape index (κ3) is 2.42. The van der Waals surface area contributed by atoms with Gasteiger partial charge in [-0.05, 0) is 25.1 Å². The second-order valence-electron chi connectivity index (χ2n) is 3.05. The molecule has 1 aromatic rings. The summed E-state index contributed by atoms with van der Waals surface area (Å²) in [7, 11) is 0. The first-order chi connectivity index (χ1) is 6.34. The fourth-order valence-corrected chi connectivity index (χ4v) is 2.37. The van der Waals surface area contributed by atoms with E-state index in [1.807, 2.05) is 0 Å². The smallest absolute Gasteiger partial charge is 0.141 e. The molecule has 4 heteroatoms. The van der Waals surface area contributed by atoms with Crippen LogP contribution >= 0.6 is 11.8 Å². The molecule has 0 unspecified atom stereocenters. The van der Waals surface area contributed by atoms with E-state index < -0.39 is 0 Å². The van der Waals surface area contributed by atoms with Gasteiger partial charge in [0.25, 0.3) is 0 Å². The van der Waals surface area contributed by atoms with Gasteiger partial charge in [-0.25, -0.2) is 9.37 Å². The average molecular weight is 198 g/mol. The van der Waals surface area contributed by atoms with Crippen molar-refractivity contribution in [1.29, 1.82) is 0 Å². The van der Waals surface area contributed by atoms with Crippen LogP contribution in [0.5, 0.6) is 0 Å². The molecule has 2 rings (SSSR count). The van der Waals surface area contributed by atoms with Gasteiger partial charge in [0.15, 0.2) is 0 Å². The summed E-state index contributed by atoms with van der Waals surface area (Å²) in [6, 6.07) is 3.19. The van der Waals surface area contributed by atoms with Gasteiger partial charge in [-0.2, -0.15) is 0 Å². The van der Waals surface area contributed by atoms with Crippen molar-refractivity contribution in [3.63, 3.8) is 0 Å². The van der Waals surface area contributed by atoms with E-state index in [2.05, 4.69) is 10.3 Å². The van der Waals surface area contributed by atoms with Crippen molar-refractivity contribution in [2.75, 3.05) is 13.1 Å². The van der Waals surface area contributed by atoms with E-state index >= 15 is 0 Å². The zero-order chi connectivity index (χ0) is 9.10. The summed E-state index contributed by atoms with van der Waals surface area (Å²) in [6.45, 7) is 2.11. The Morgan fingerprint density at radius 2 is 2.46 bits per heavy atom. The van der Waals surface area contributed by atoms with Crippen LogP contribution in [0, 0.1) is 5.82 Å². The number of aromatic nitrogens is 1. The Morgan fingerprint density at radius 3 is 3.08 bits per heavy atom. The van der Waals surface area contributed by atoms with Crippen molar-refractivity contribution in [3.8, 4) is 0 Å². The van der Waals surface area contributed by atoms with E-state index in [0.29, 0.717) is 5.25 Å². The minimum absolute atomic E-state index is 0.270. The predicted octanol–water partition coefficient (Wildman–Crippen LogP) is 1.67. The molecule has 13 heavy (non-hydrogen) atoms. The average Bonchev–Trinajstić information content (AvgIpc) is 2.62. The number of hydrogen-bond donors (Lipinski definition) is 1. The Hall–Kier alpha value is -0.610. The number of pyridine rings is 1. The zero-order valence-corrected chi connectivity index (χ0v) is 7.98. The Morgan fingerprint density at radius 1 is 1.54 bits per heavy atom. The lowest BCUT2D eigenvalue weighted by atomic mass is 10.4. The van der Waals surface area contributed by atoms with Crippen LogP contribution in [-0.4, -0.2) is 23.3 Å². The largest absolute Gasteiger partial charge is 0.316 e. The maximum absolute atomic E-state index is 12.5. The van der Waals surface area contributed by atoms with Gasteiger partial charge < -0.3 is 5.32 Å². The molecule has 1 aromatic heterocycles. The molecule has 1 aliphatic heterocycles. The van der Waals surface area contributed by atoms with Gasteiger partial charge in [-0.1, -0.05) is 0 Å². The highest BCUT2D eigenvalue weighted by molar-refractivity contribution is 7.99. The van der Waals surface area contributed by atoms with Crippen LogP contribution in [-0.2, 0) is 0 Å². The molecule has 1 atom stereocenters. The van der Waals surface area contributed by atoms with Crippen molar-refractivity contribution in [2.24, 2.45) is 0 Å². The van der Waals surface area contributed by atoms with Crippen LogP contribution in [0.4, 0.5) is 4.39 Å². The van der Waals surface area contributed by atoms with E-state index in [0.717, 1.165) is 18.1 Å². The van der Waals surface area contributed by atoms with E-state index in [1.54, 1.807) is 17.8 Å². The molecule has 2 nitrogen and oxygen atoms in total. The highest BCUT2D eigenvalue weighted by Crippen LogP contribution is 2.24. The molecule has 1 fully saturated rings. The van der Waals surface area contributed by atoms with E-state index in [4.69, 9.17) is 0 Å². The van der Waals surface area contributed by atoms with Crippen molar-refractivity contribution in [2.45, 2.75) is 16.7 Å². The van der Waals surface area contributed by atoms with Crippen molar-refractivity contribution < 1.29 is 4.39 Å². The zero-order valence-electron chi connectivity index (χ0n) is 7.16. The summed E-state index contributed by atoms with van der Waals surface area (Å²) in [6.07, 6.45) is 2.44. The summed E-state index contributed by atoms with van der Waals surface area (Å²) in [4.78, 5) is 4.00. The molecule has 70 valence electrons. The Balaban J connectivity index is 1.97. The molecule has 2 heterocycles. The first-order valence-electron chi connectivity index (χ1n) is 4.33. The van der Waals surface area contributed by atoms with Crippen LogP contribution in [0.1, 0.15) is 6.42 Å². The molecule has 1 N–H and O–H groups in total. The molecule has 0 radical (unpaired) electrons. The topological polar surface area (TPSA) is 24.9 Å². The number of nitrogens with zero attached hydrogens (tertiary/aromatic N) is 1. The molecule has 0 aliphatic carbocycles. The summed E-state index contributed by atoms with van der Waals surface area (Å²) >= 11 is 1.72. The normalized spacial score (nSPS) is 22.1. The van der Waals surface area contributed by atoms with Crippen LogP contribution in [0.15, 0.2) is 23.4 Å². The predicted molar refractivity (Wildman–Crippen MR) is 51.3 cm³/mol. The molecule has 0 amide bonds. The lowest BCUT2D eigenvalue weighted by molar-refractivity contribution is 0.618. The van der Waals surface area contributed by atoms with Crippen LogP contribution in [0.2, 0.25) is 0 Å². The lowest BCUT2D eigenvalue weighted by Crippen LogP contribution is -2.10. The number of hydrogen-bond acceptors (Lipinski definition) is 3. The maximum Gasteiger partial charge on any atom is 0.141 e. The quantitative estimate of drug-likeness (QED) is 0.782. The number of nitrogens with one attached hydrogen (secondary N) is 1. The van der Waals surface area contributed by atoms with Gasteiger partial charge >= 0.3 is 0 Å². The number of rotatable bonds is 2. The van der Waals surface area contributed by atoms with Crippen molar-refractivity contribution in [1.82, 2.24) is 10.3 Å².